The van der Waals surface area contributed by atoms with Crippen molar-refractivity contribution in [2.24, 2.45) is 5.92 Å². The summed E-state index contributed by atoms with van der Waals surface area (Å²) in [6.07, 6.45) is 0.576. The topological polar surface area (TPSA) is 69.7 Å². The van der Waals surface area contributed by atoms with E-state index in [9.17, 15) is 14.4 Å². The highest BCUT2D eigenvalue weighted by Gasteiger charge is 2.44. The zero-order valence-electron chi connectivity index (χ0n) is 15.2. The van der Waals surface area contributed by atoms with E-state index in [1.165, 1.54) is 16.8 Å². The van der Waals surface area contributed by atoms with Crippen molar-refractivity contribution in [2.45, 2.75) is 12.5 Å². The second-order valence-corrected chi connectivity index (χ2v) is 8.73. The summed E-state index contributed by atoms with van der Waals surface area (Å²) >= 11 is 13.5. The lowest BCUT2D eigenvalue weighted by Crippen LogP contribution is -2.44. The maximum atomic E-state index is 13.2. The molecule has 2 atom stereocenters. The van der Waals surface area contributed by atoms with E-state index in [2.05, 4.69) is 5.32 Å². The molecule has 0 bridgehead atoms. The normalized spacial score (nSPS) is 21.7. The standard InChI is InChI=1S/C20H17Cl2N3O3S/c21-12-3-1-5-14(9-12)24-11-16(18(26)23-17-7-8-29-20(17)28)19(27)25(24)15-6-2-4-13(22)10-15/h1-6,9-10,16-17H,7-8,11H2,(H,23,26). The fourth-order valence-corrected chi connectivity index (χ4v) is 4.73. The van der Waals surface area contributed by atoms with E-state index in [0.717, 1.165) is 0 Å². The lowest BCUT2D eigenvalue weighted by Gasteiger charge is -2.29. The Labute approximate surface area is 182 Å². The van der Waals surface area contributed by atoms with Crippen LogP contribution in [0.25, 0.3) is 0 Å². The molecule has 2 aliphatic heterocycles. The highest BCUT2D eigenvalue weighted by Crippen LogP contribution is 2.33. The van der Waals surface area contributed by atoms with Crippen molar-refractivity contribution in [3.05, 3.63) is 58.6 Å². The minimum absolute atomic E-state index is 0.0674. The van der Waals surface area contributed by atoms with E-state index in [1.54, 1.807) is 47.5 Å². The Morgan fingerprint density at radius 2 is 1.69 bits per heavy atom. The summed E-state index contributed by atoms with van der Waals surface area (Å²) in [6.45, 7) is 0.131. The van der Waals surface area contributed by atoms with Gasteiger partial charge in [0.2, 0.25) is 11.0 Å². The van der Waals surface area contributed by atoms with Gasteiger partial charge in [-0.15, -0.1) is 0 Å². The molecule has 4 rings (SSSR count). The first-order chi connectivity index (χ1) is 13.9. The van der Waals surface area contributed by atoms with Crippen molar-refractivity contribution in [1.29, 1.82) is 0 Å². The summed E-state index contributed by atoms with van der Waals surface area (Å²) in [4.78, 5) is 38.0. The number of nitrogens with zero attached hydrogens (tertiary/aromatic N) is 2. The highest BCUT2D eigenvalue weighted by atomic mass is 35.5. The minimum Gasteiger partial charge on any atom is -0.345 e. The van der Waals surface area contributed by atoms with E-state index >= 15 is 0 Å². The monoisotopic (exact) mass is 449 g/mol. The first-order valence-electron chi connectivity index (χ1n) is 9.03. The van der Waals surface area contributed by atoms with E-state index in [-0.39, 0.29) is 17.6 Å². The molecule has 29 heavy (non-hydrogen) atoms. The SMILES string of the molecule is O=C1SCCC1NC(=O)C1CN(c2cccc(Cl)c2)N(c2cccc(Cl)c2)C1=O. The van der Waals surface area contributed by atoms with Crippen LogP contribution >= 0.6 is 35.0 Å². The molecular formula is C20H17Cl2N3O3S. The molecule has 0 aliphatic carbocycles. The number of hydrazine groups is 1. The molecule has 9 heteroatoms. The van der Waals surface area contributed by atoms with Gasteiger partial charge < -0.3 is 5.32 Å². The molecule has 2 aromatic rings. The van der Waals surface area contributed by atoms with Crippen LogP contribution in [0.5, 0.6) is 0 Å². The molecule has 2 aliphatic rings. The third-order valence-electron chi connectivity index (χ3n) is 4.83. The van der Waals surface area contributed by atoms with Crippen LogP contribution in [0.1, 0.15) is 6.42 Å². The number of benzene rings is 2. The van der Waals surface area contributed by atoms with Crippen molar-refractivity contribution in [2.75, 3.05) is 22.3 Å². The third-order valence-corrected chi connectivity index (χ3v) is 6.31. The van der Waals surface area contributed by atoms with Gasteiger partial charge in [-0.05, 0) is 42.8 Å². The summed E-state index contributed by atoms with van der Waals surface area (Å²) in [7, 11) is 0. The Bertz CT molecular complexity index is 987. The van der Waals surface area contributed by atoms with Gasteiger partial charge in [-0.3, -0.25) is 19.4 Å². The number of carbonyl (C=O) groups excluding carboxylic acids is 3. The van der Waals surface area contributed by atoms with Crippen LogP contribution in [-0.2, 0) is 14.4 Å². The Morgan fingerprint density at radius 1 is 1.03 bits per heavy atom. The van der Waals surface area contributed by atoms with Gasteiger partial charge in [0.1, 0.15) is 5.92 Å². The van der Waals surface area contributed by atoms with Crippen molar-refractivity contribution >= 4 is 63.3 Å². The number of nitrogens with one attached hydrogen (secondary N) is 1. The van der Waals surface area contributed by atoms with Gasteiger partial charge in [-0.2, -0.15) is 0 Å². The van der Waals surface area contributed by atoms with Gasteiger partial charge >= 0.3 is 0 Å². The average Bonchev–Trinajstić information content (AvgIpc) is 3.25. The van der Waals surface area contributed by atoms with Crippen LogP contribution in [0.4, 0.5) is 11.4 Å². The molecule has 0 radical (unpaired) electrons. The van der Waals surface area contributed by atoms with Gasteiger partial charge in [-0.1, -0.05) is 47.1 Å². The van der Waals surface area contributed by atoms with Gasteiger partial charge in [0.05, 0.1) is 24.0 Å². The summed E-state index contributed by atoms with van der Waals surface area (Å²) in [5, 5.41) is 6.80. The van der Waals surface area contributed by atoms with E-state index in [1.807, 2.05) is 6.07 Å². The first-order valence-corrected chi connectivity index (χ1v) is 10.8. The van der Waals surface area contributed by atoms with E-state index in [0.29, 0.717) is 33.6 Å². The molecule has 0 saturated carbocycles. The summed E-state index contributed by atoms with van der Waals surface area (Å²) in [6, 6.07) is 13.4. The van der Waals surface area contributed by atoms with Gasteiger partial charge in [0.15, 0.2) is 0 Å². The highest BCUT2D eigenvalue weighted by molar-refractivity contribution is 8.14. The predicted molar refractivity (Wildman–Crippen MR) is 115 cm³/mol. The third kappa shape index (κ3) is 4.08. The first kappa shape index (κ1) is 20.1. The number of carbonyl (C=O) groups is 3. The van der Waals surface area contributed by atoms with Crippen LogP contribution in [0.2, 0.25) is 10.0 Å². The molecule has 2 unspecified atom stereocenters. The predicted octanol–water partition coefficient (Wildman–Crippen LogP) is 3.53. The zero-order valence-corrected chi connectivity index (χ0v) is 17.5. The molecule has 2 fully saturated rings. The molecule has 2 heterocycles. The molecule has 2 saturated heterocycles. The Morgan fingerprint density at radius 3 is 2.31 bits per heavy atom. The average molecular weight is 450 g/mol. The summed E-state index contributed by atoms with van der Waals surface area (Å²) in [5.74, 6) is -1.12. The molecule has 0 spiro atoms. The molecule has 150 valence electrons. The largest absolute Gasteiger partial charge is 0.345 e. The van der Waals surface area contributed by atoms with Crippen LogP contribution in [-0.4, -0.2) is 35.3 Å². The Hall–Kier alpha value is -2.22. The molecule has 0 aromatic heterocycles. The number of amides is 2. The van der Waals surface area contributed by atoms with Crippen molar-refractivity contribution in [3.8, 4) is 0 Å². The van der Waals surface area contributed by atoms with Crippen LogP contribution in [0, 0.1) is 5.92 Å². The fraction of sp³-hybridized carbons (Fsp3) is 0.250. The van der Waals surface area contributed by atoms with Gasteiger partial charge in [0, 0.05) is 15.8 Å². The van der Waals surface area contributed by atoms with Gasteiger partial charge in [0.25, 0.3) is 5.91 Å². The smallest absolute Gasteiger partial charge is 0.260 e. The molecule has 6 nitrogen and oxygen atoms in total. The van der Waals surface area contributed by atoms with Crippen molar-refractivity contribution in [3.63, 3.8) is 0 Å². The zero-order chi connectivity index (χ0) is 20.5. The molecule has 2 aromatic carbocycles. The summed E-state index contributed by atoms with van der Waals surface area (Å²) in [5.41, 5.74) is 1.22. The maximum absolute atomic E-state index is 13.2. The van der Waals surface area contributed by atoms with E-state index in [4.69, 9.17) is 23.2 Å². The quantitative estimate of drug-likeness (QED) is 0.722. The Kier molecular flexibility index (Phi) is 5.72. The number of thioether (sulfide) groups is 1. The fourth-order valence-electron chi connectivity index (χ4n) is 3.43. The van der Waals surface area contributed by atoms with Crippen molar-refractivity contribution in [1.82, 2.24) is 5.32 Å². The number of anilines is 2. The maximum Gasteiger partial charge on any atom is 0.260 e. The summed E-state index contributed by atoms with van der Waals surface area (Å²) < 4.78 is 0. The molecule has 2 amide bonds. The number of halogens is 2. The molecular weight excluding hydrogens is 433 g/mol. The van der Waals surface area contributed by atoms with Crippen LogP contribution in [0.3, 0.4) is 0 Å². The second kappa shape index (κ2) is 8.26. The van der Waals surface area contributed by atoms with Crippen LogP contribution in [0.15, 0.2) is 48.5 Å². The van der Waals surface area contributed by atoms with Crippen LogP contribution < -0.4 is 15.3 Å². The minimum atomic E-state index is -0.952. The van der Waals surface area contributed by atoms with Gasteiger partial charge in [-0.25, -0.2) is 5.01 Å². The number of hydrogen-bond acceptors (Lipinski definition) is 5. The second-order valence-electron chi connectivity index (χ2n) is 6.76. The molecule has 1 N–H and O–H groups in total. The number of rotatable bonds is 4. The lowest BCUT2D eigenvalue weighted by molar-refractivity contribution is -0.133. The van der Waals surface area contributed by atoms with E-state index < -0.39 is 17.9 Å². The Balaban J connectivity index is 1.66. The van der Waals surface area contributed by atoms with Crippen molar-refractivity contribution < 1.29 is 14.4 Å². The number of hydrogen-bond donors (Lipinski definition) is 1. The lowest BCUT2D eigenvalue weighted by atomic mass is 10.1.